The van der Waals surface area contributed by atoms with Crippen molar-refractivity contribution in [2.75, 3.05) is 18.9 Å². The molecule has 0 aromatic heterocycles. The van der Waals surface area contributed by atoms with E-state index in [-0.39, 0.29) is 11.5 Å². The van der Waals surface area contributed by atoms with Gasteiger partial charge < -0.3 is 10.1 Å². The third kappa shape index (κ3) is 4.98. The van der Waals surface area contributed by atoms with Crippen molar-refractivity contribution in [2.45, 2.75) is 45.6 Å². The van der Waals surface area contributed by atoms with E-state index >= 15 is 0 Å². The topological polar surface area (TPSA) is 50.7 Å². The van der Waals surface area contributed by atoms with Crippen LogP contribution in [0.3, 0.4) is 0 Å². The summed E-state index contributed by atoms with van der Waals surface area (Å²) in [6, 6.07) is 0. The van der Waals surface area contributed by atoms with Gasteiger partial charge in [0.15, 0.2) is 5.17 Å². The molecular formula is C12H22N2O2S. The highest BCUT2D eigenvalue weighted by Crippen LogP contribution is 2.24. The SMILES string of the molecule is CCOC(=O)CCN=C1NC(C)(CC)CCS1. The molecule has 0 aromatic rings. The average molecular weight is 258 g/mol. The number of thioether (sulfide) groups is 1. The summed E-state index contributed by atoms with van der Waals surface area (Å²) >= 11 is 1.73. The normalized spacial score (nSPS) is 26.6. The summed E-state index contributed by atoms with van der Waals surface area (Å²) in [6.07, 6.45) is 2.61. The van der Waals surface area contributed by atoms with Gasteiger partial charge in [-0.2, -0.15) is 0 Å². The van der Waals surface area contributed by atoms with Crippen LogP contribution in [0.15, 0.2) is 4.99 Å². The molecule has 5 heteroatoms. The number of nitrogens with one attached hydrogen (secondary N) is 1. The zero-order valence-electron chi connectivity index (χ0n) is 10.9. The summed E-state index contributed by atoms with van der Waals surface area (Å²) in [4.78, 5) is 15.6. The Hall–Kier alpha value is -0.710. The summed E-state index contributed by atoms with van der Waals surface area (Å²) in [7, 11) is 0. The molecule has 0 bridgehead atoms. The van der Waals surface area contributed by atoms with Gasteiger partial charge in [-0.15, -0.1) is 0 Å². The van der Waals surface area contributed by atoms with Crippen LogP contribution in [0.4, 0.5) is 0 Å². The van der Waals surface area contributed by atoms with Gasteiger partial charge in [-0.3, -0.25) is 9.79 Å². The first kappa shape index (κ1) is 14.4. The lowest BCUT2D eigenvalue weighted by Crippen LogP contribution is -2.48. The molecule has 1 aliphatic rings. The van der Waals surface area contributed by atoms with E-state index in [4.69, 9.17) is 4.74 Å². The molecule has 1 atom stereocenters. The fourth-order valence-electron chi connectivity index (χ4n) is 1.56. The van der Waals surface area contributed by atoms with E-state index in [9.17, 15) is 4.79 Å². The lowest BCUT2D eigenvalue weighted by Gasteiger charge is -2.35. The molecule has 0 amide bonds. The van der Waals surface area contributed by atoms with E-state index in [1.165, 1.54) is 0 Å². The van der Waals surface area contributed by atoms with Crippen LogP contribution in [0.1, 0.15) is 40.0 Å². The van der Waals surface area contributed by atoms with Gasteiger partial charge in [0.25, 0.3) is 0 Å². The number of aliphatic imine (C=N–C) groups is 1. The van der Waals surface area contributed by atoms with E-state index in [0.29, 0.717) is 19.6 Å². The standard InChI is InChI=1S/C12H22N2O2S/c1-4-12(3)7-9-17-11(14-12)13-8-6-10(15)16-5-2/h4-9H2,1-3H3,(H,13,14). The van der Waals surface area contributed by atoms with Crippen molar-refractivity contribution in [1.29, 1.82) is 0 Å². The van der Waals surface area contributed by atoms with Crippen molar-refractivity contribution in [1.82, 2.24) is 5.32 Å². The van der Waals surface area contributed by atoms with E-state index in [1.54, 1.807) is 11.8 Å². The number of hydrogen-bond donors (Lipinski definition) is 1. The Morgan fingerprint density at radius 2 is 2.35 bits per heavy atom. The summed E-state index contributed by atoms with van der Waals surface area (Å²) in [5.41, 5.74) is 0.161. The smallest absolute Gasteiger partial charge is 0.307 e. The molecule has 0 aliphatic carbocycles. The quantitative estimate of drug-likeness (QED) is 0.768. The Morgan fingerprint density at radius 1 is 1.59 bits per heavy atom. The molecule has 1 rings (SSSR count). The second-order valence-corrected chi connectivity index (χ2v) is 5.46. The minimum Gasteiger partial charge on any atom is -0.466 e. The molecular weight excluding hydrogens is 236 g/mol. The van der Waals surface area contributed by atoms with Crippen molar-refractivity contribution in [3.8, 4) is 0 Å². The zero-order valence-corrected chi connectivity index (χ0v) is 11.7. The van der Waals surface area contributed by atoms with Gasteiger partial charge in [0.05, 0.1) is 19.6 Å². The first-order valence-electron chi connectivity index (χ1n) is 6.20. The Morgan fingerprint density at radius 3 is 3.00 bits per heavy atom. The second-order valence-electron chi connectivity index (χ2n) is 4.38. The van der Waals surface area contributed by atoms with Crippen LogP contribution in [0.2, 0.25) is 0 Å². The second kappa shape index (κ2) is 6.89. The Labute approximate surface area is 108 Å². The lowest BCUT2D eigenvalue weighted by atomic mass is 9.96. The third-order valence-electron chi connectivity index (χ3n) is 2.96. The first-order valence-corrected chi connectivity index (χ1v) is 7.19. The van der Waals surface area contributed by atoms with Gasteiger partial charge in [-0.1, -0.05) is 18.7 Å². The molecule has 0 saturated carbocycles. The molecule has 1 heterocycles. The minimum atomic E-state index is -0.170. The number of esters is 1. The fourth-order valence-corrected chi connectivity index (χ4v) is 2.81. The van der Waals surface area contributed by atoms with Crippen LogP contribution in [0.5, 0.6) is 0 Å². The summed E-state index contributed by atoms with van der Waals surface area (Å²) in [6.45, 7) is 7.16. The van der Waals surface area contributed by atoms with Gasteiger partial charge in [0.1, 0.15) is 0 Å². The molecule has 1 aliphatic heterocycles. The average Bonchev–Trinajstić information content (AvgIpc) is 2.30. The van der Waals surface area contributed by atoms with Crippen LogP contribution < -0.4 is 5.32 Å². The fraction of sp³-hybridized carbons (Fsp3) is 0.833. The van der Waals surface area contributed by atoms with E-state index in [0.717, 1.165) is 23.8 Å². The van der Waals surface area contributed by atoms with Gasteiger partial charge in [-0.25, -0.2) is 0 Å². The van der Waals surface area contributed by atoms with Crippen LogP contribution >= 0.6 is 11.8 Å². The number of carbonyl (C=O) groups is 1. The summed E-state index contributed by atoms with van der Waals surface area (Å²) < 4.78 is 4.86. The van der Waals surface area contributed by atoms with Crippen molar-refractivity contribution < 1.29 is 9.53 Å². The molecule has 1 saturated heterocycles. The zero-order chi connectivity index (χ0) is 12.7. The third-order valence-corrected chi connectivity index (χ3v) is 3.87. The highest BCUT2D eigenvalue weighted by Gasteiger charge is 2.27. The number of hydrogen-bond acceptors (Lipinski definition) is 4. The summed E-state index contributed by atoms with van der Waals surface area (Å²) in [5.74, 6) is 0.922. The number of amidine groups is 1. The Balaban J connectivity index is 2.36. The van der Waals surface area contributed by atoms with Crippen molar-refractivity contribution in [3.05, 3.63) is 0 Å². The molecule has 4 nitrogen and oxygen atoms in total. The van der Waals surface area contributed by atoms with Gasteiger partial charge in [0.2, 0.25) is 0 Å². The van der Waals surface area contributed by atoms with Crippen LogP contribution in [0.25, 0.3) is 0 Å². The molecule has 0 spiro atoms. The van der Waals surface area contributed by atoms with Gasteiger partial charge >= 0.3 is 5.97 Å². The van der Waals surface area contributed by atoms with Gasteiger partial charge in [0, 0.05) is 11.3 Å². The molecule has 1 unspecified atom stereocenters. The van der Waals surface area contributed by atoms with Crippen LogP contribution in [-0.4, -0.2) is 35.6 Å². The predicted molar refractivity (Wildman–Crippen MR) is 72.5 cm³/mol. The van der Waals surface area contributed by atoms with Crippen LogP contribution in [-0.2, 0) is 9.53 Å². The Bertz CT molecular complexity index is 294. The van der Waals surface area contributed by atoms with Crippen molar-refractivity contribution in [2.24, 2.45) is 4.99 Å². The van der Waals surface area contributed by atoms with Crippen molar-refractivity contribution in [3.63, 3.8) is 0 Å². The lowest BCUT2D eigenvalue weighted by molar-refractivity contribution is -0.142. The van der Waals surface area contributed by atoms with E-state index < -0.39 is 0 Å². The largest absolute Gasteiger partial charge is 0.466 e. The number of nitrogens with zero attached hydrogens (tertiary/aromatic N) is 1. The predicted octanol–water partition coefficient (Wildman–Crippen LogP) is 2.19. The molecule has 1 N–H and O–H groups in total. The van der Waals surface area contributed by atoms with Gasteiger partial charge in [-0.05, 0) is 26.7 Å². The van der Waals surface area contributed by atoms with Crippen molar-refractivity contribution >= 4 is 22.9 Å². The maximum Gasteiger partial charge on any atom is 0.307 e. The molecule has 98 valence electrons. The molecule has 0 radical (unpaired) electrons. The minimum absolute atomic E-state index is 0.161. The van der Waals surface area contributed by atoms with E-state index in [2.05, 4.69) is 24.2 Å². The number of rotatable bonds is 5. The monoisotopic (exact) mass is 258 g/mol. The number of carbonyl (C=O) groups excluding carboxylic acids is 1. The molecule has 1 fully saturated rings. The van der Waals surface area contributed by atoms with Crippen LogP contribution in [0, 0.1) is 0 Å². The summed E-state index contributed by atoms with van der Waals surface area (Å²) in [5, 5.41) is 4.41. The van der Waals surface area contributed by atoms with E-state index in [1.807, 2.05) is 6.92 Å². The Kier molecular flexibility index (Phi) is 5.82. The maximum atomic E-state index is 11.1. The molecule has 17 heavy (non-hydrogen) atoms. The first-order chi connectivity index (χ1) is 8.09. The highest BCUT2D eigenvalue weighted by molar-refractivity contribution is 8.13. The molecule has 0 aromatic carbocycles. The maximum absolute atomic E-state index is 11.1. The highest BCUT2D eigenvalue weighted by atomic mass is 32.2. The number of ether oxygens (including phenoxy) is 1.